The highest BCUT2D eigenvalue weighted by Crippen LogP contribution is 2.18. The molecular formula is C20H23ClN4. The van der Waals surface area contributed by atoms with Crippen LogP contribution in [0.1, 0.15) is 25.0 Å². The van der Waals surface area contributed by atoms with Gasteiger partial charge < -0.3 is 16.0 Å². The summed E-state index contributed by atoms with van der Waals surface area (Å²) in [6, 6.07) is 12.1. The highest BCUT2D eigenvalue weighted by molar-refractivity contribution is 6.30. The first-order chi connectivity index (χ1) is 12.2. The van der Waals surface area contributed by atoms with E-state index in [0.29, 0.717) is 11.7 Å². The molecule has 0 bridgehead atoms. The summed E-state index contributed by atoms with van der Waals surface area (Å²) in [6.07, 6.45) is 4.80. The summed E-state index contributed by atoms with van der Waals surface area (Å²) >= 11 is 5.93. The molecule has 0 spiro atoms. The number of aromatic nitrogens is 1. The molecule has 1 aromatic heterocycles. The van der Waals surface area contributed by atoms with Gasteiger partial charge >= 0.3 is 0 Å². The zero-order valence-electron chi connectivity index (χ0n) is 14.2. The van der Waals surface area contributed by atoms with Crippen LogP contribution in [0.4, 0.5) is 11.4 Å². The van der Waals surface area contributed by atoms with E-state index in [9.17, 15) is 0 Å². The number of hydrogen-bond donors (Lipinski definition) is 2. The number of anilines is 2. The van der Waals surface area contributed by atoms with E-state index < -0.39 is 0 Å². The van der Waals surface area contributed by atoms with Crippen LogP contribution in [-0.2, 0) is 0 Å². The van der Waals surface area contributed by atoms with E-state index >= 15 is 0 Å². The second-order valence-electron chi connectivity index (χ2n) is 6.30. The fraction of sp³-hybridized carbons (Fsp3) is 0.350. The Bertz CT molecular complexity index is 723. The highest BCUT2D eigenvalue weighted by Gasteiger charge is 2.18. The van der Waals surface area contributed by atoms with Gasteiger partial charge in [0, 0.05) is 42.8 Å². The van der Waals surface area contributed by atoms with Gasteiger partial charge in [-0.15, -0.1) is 0 Å². The predicted octanol–water partition coefficient (Wildman–Crippen LogP) is 3.64. The zero-order chi connectivity index (χ0) is 17.5. The van der Waals surface area contributed by atoms with Crippen LogP contribution in [0.2, 0.25) is 5.02 Å². The standard InChI is InChI=1S/C20H23ClN4/c21-16-4-7-19(8-5-16)24-20-10-13-25(14-11-20)12-2-1-3-18-9-6-17(22)15-23-18/h4-9,15,20,24H,2,10-14,22H2. The van der Waals surface area contributed by atoms with Crippen molar-refractivity contribution in [2.45, 2.75) is 25.3 Å². The summed E-state index contributed by atoms with van der Waals surface area (Å²) in [4.78, 5) is 6.67. The molecule has 1 aromatic carbocycles. The monoisotopic (exact) mass is 354 g/mol. The van der Waals surface area contributed by atoms with Crippen LogP contribution >= 0.6 is 11.6 Å². The van der Waals surface area contributed by atoms with Crippen LogP contribution in [0.5, 0.6) is 0 Å². The smallest absolute Gasteiger partial charge is 0.113 e. The molecule has 25 heavy (non-hydrogen) atoms. The third-order valence-electron chi connectivity index (χ3n) is 4.36. The summed E-state index contributed by atoms with van der Waals surface area (Å²) in [5, 5.41) is 4.36. The van der Waals surface area contributed by atoms with Gasteiger partial charge in [0.25, 0.3) is 0 Å². The number of benzene rings is 1. The van der Waals surface area contributed by atoms with Gasteiger partial charge in [-0.2, -0.15) is 0 Å². The van der Waals surface area contributed by atoms with E-state index in [1.54, 1.807) is 6.20 Å². The van der Waals surface area contributed by atoms with Gasteiger partial charge in [-0.05, 0) is 55.2 Å². The number of nitrogens with zero attached hydrogens (tertiary/aromatic N) is 2. The van der Waals surface area contributed by atoms with E-state index in [1.165, 1.54) is 0 Å². The Labute approximate surface area is 154 Å². The summed E-state index contributed by atoms with van der Waals surface area (Å²) in [5.41, 5.74) is 8.21. The lowest BCUT2D eigenvalue weighted by molar-refractivity contribution is 0.224. The number of nitrogens with one attached hydrogen (secondary N) is 1. The Hall–Kier alpha value is -2.22. The van der Waals surface area contributed by atoms with E-state index in [4.69, 9.17) is 17.3 Å². The van der Waals surface area contributed by atoms with Crippen LogP contribution < -0.4 is 11.1 Å². The van der Waals surface area contributed by atoms with Gasteiger partial charge in [-0.25, -0.2) is 4.98 Å². The predicted molar refractivity (Wildman–Crippen MR) is 105 cm³/mol. The molecule has 1 aliphatic rings. The SMILES string of the molecule is Nc1ccc(C#CCCN2CCC(Nc3ccc(Cl)cc3)CC2)nc1. The van der Waals surface area contributed by atoms with Crippen molar-refractivity contribution in [3.05, 3.63) is 53.3 Å². The molecule has 0 unspecified atom stereocenters. The van der Waals surface area contributed by atoms with Crippen molar-refractivity contribution in [1.82, 2.24) is 9.88 Å². The van der Waals surface area contributed by atoms with E-state index in [2.05, 4.69) is 27.0 Å². The first kappa shape index (κ1) is 17.6. The molecular weight excluding hydrogens is 332 g/mol. The average Bonchev–Trinajstić information content (AvgIpc) is 2.63. The molecule has 0 amide bonds. The Morgan fingerprint density at radius 3 is 2.60 bits per heavy atom. The number of pyridine rings is 1. The third kappa shape index (κ3) is 5.67. The molecule has 0 saturated carbocycles. The molecule has 0 aliphatic carbocycles. The van der Waals surface area contributed by atoms with Crippen molar-refractivity contribution >= 4 is 23.0 Å². The minimum Gasteiger partial charge on any atom is -0.397 e. The molecule has 3 N–H and O–H groups in total. The van der Waals surface area contributed by atoms with Crippen molar-refractivity contribution in [2.24, 2.45) is 0 Å². The number of rotatable bonds is 4. The Kier molecular flexibility index (Phi) is 6.16. The summed E-state index contributed by atoms with van der Waals surface area (Å²) in [6.45, 7) is 3.22. The highest BCUT2D eigenvalue weighted by atomic mass is 35.5. The molecule has 3 rings (SSSR count). The molecule has 0 atom stereocenters. The summed E-state index contributed by atoms with van der Waals surface area (Å²) < 4.78 is 0. The molecule has 4 nitrogen and oxygen atoms in total. The lowest BCUT2D eigenvalue weighted by Gasteiger charge is -2.32. The average molecular weight is 355 g/mol. The molecule has 5 heteroatoms. The van der Waals surface area contributed by atoms with Crippen molar-refractivity contribution in [3.63, 3.8) is 0 Å². The Balaban J connectivity index is 1.38. The maximum Gasteiger partial charge on any atom is 0.113 e. The van der Waals surface area contributed by atoms with Crippen molar-refractivity contribution in [3.8, 4) is 11.8 Å². The fourth-order valence-electron chi connectivity index (χ4n) is 2.93. The largest absolute Gasteiger partial charge is 0.397 e. The molecule has 1 aliphatic heterocycles. The fourth-order valence-corrected chi connectivity index (χ4v) is 3.06. The number of nitrogens with two attached hydrogens (primary N) is 1. The first-order valence-corrected chi connectivity index (χ1v) is 9.02. The van der Waals surface area contributed by atoms with Gasteiger partial charge in [0.1, 0.15) is 5.69 Å². The van der Waals surface area contributed by atoms with Crippen LogP contribution in [0.25, 0.3) is 0 Å². The van der Waals surface area contributed by atoms with E-state index in [0.717, 1.165) is 55.3 Å². The van der Waals surface area contributed by atoms with Gasteiger partial charge in [0.05, 0.1) is 11.9 Å². The lowest BCUT2D eigenvalue weighted by atomic mass is 10.0. The van der Waals surface area contributed by atoms with Crippen LogP contribution in [-0.4, -0.2) is 35.6 Å². The molecule has 0 radical (unpaired) electrons. The number of likely N-dealkylation sites (tertiary alicyclic amines) is 1. The number of piperidine rings is 1. The maximum atomic E-state index is 5.93. The molecule has 2 aromatic rings. The molecule has 1 fully saturated rings. The van der Waals surface area contributed by atoms with Gasteiger partial charge in [0.2, 0.25) is 0 Å². The van der Waals surface area contributed by atoms with E-state index in [1.807, 2.05) is 36.4 Å². The number of halogens is 1. The van der Waals surface area contributed by atoms with E-state index in [-0.39, 0.29) is 0 Å². The lowest BCUT2D eigenvalue weighted by Crippen LogP contribution is -2.39. The topological polar surface area (TPSA) is 54.2 Å². The Morgan fingerprint density at radius 1 is 1.16 bits per heavy atom. The molecule has 1 saturated heterocycles. The number of nitrogen functional groups attached to an aromatic ring is 1. The van der Waals surface area contributed by atoms with Crippen molar-refractivity contribution < 1.29 is 0 Å². The minimum atomic E-state index is 0.530. The van der Waals surface area contributed by atoms with Crippen molar-refractivity contribution in [2.75, 3.05) is 30.7 Å². The minimum absolute atomic E-state index is 0.530. The van der Waals surface area contributed by atoms with Crippen LogP contribution in [0.15, 0.2) is 42.6 Å². The normalized spacial score (nSPS) is 15.4. The van der Waals surface area contributed by atoms with Gasteiger partial charge in [0.15, 0.2) is 0 Å². The number of hydrogen-bond acceptors (Lipinski definition) is 4. The molecule has 130 valence electrons. The van der Waals surface area contributed by atoms with Crippen LogP contribution in [0.3, 0.4) is 0 Å². The first-order valence-electron chi connectivity index (χ1n) is 8.64. The maximum absolute atomic E-state index is 5.93. The second-order valence-corrected chi connectivity index (χ2v) is 6.73. The second kappa shape index (κ2) is 8.75. The third-order valence-corrected chi connectivity index (χ3v) is 4.61. The van der Waals surface area contributed by atoms with Gasteiger partial charge in [-0.1, -0.05) is 17.5 Å². The van der Waals surface area contributed by atoms with Gasteiger partial charge in [-0.3, -0.25) is 0 Å². The molecule has 2 heterocycles. The van der Waals surface area contributed by atoms with Crippen molar-refractivity contribution in [1.29, 1.82) is 0 Å². The summed E-state index contributed by atoms with van der Waals surface area (Å²) in [5.74, 6) is 6.29. The zero-order valence-corrected chi connectivity index (χ0v) is 15.0. The Morgan fingerprint density at radius 2 is 1.92 bits per heavy atom. The van der Waals surface area contributed by atoms with Crippen LogP contribution in [0, 0.1) is 11.8 Å². The summed E-state index contributed by atoms with van der Waals surface area (Å²) in [7, 11) is 0. The quantitative estimate of drug-likeness (QED) is 0.823.